The Labute approximate surface area is 140 Å². The highest BCUT2D eigenvalue weighted by atomic mass is 28.3. The van der Waals surface area contributed by atoms with Crippen LogP contribution in [0.15, 0.2) is 0 Å². The fraction of sp³-hybridized carbons (Fsp3) is 0.833. The number of carbonyl (C=O) groups excluding carboxylic acids is 2. The van der Waals surface area contributed by atoms with Crippen molar-refractivity contribution in [2.45, 2.75) is 51.6 Å². The average Bonchev–Trinajstić information content (AvgIpc) is 2.31. The summed E-state index contributed by atoms with van der Waals surface area (Å²) < 4.78 is 72.8. The van der Waals surface area contributed by atoms with E-state index in [9.17, 15) is 35.9 Å². The van der Waals surface area contributed by atoms with Crippen LogP contribution < -0.4 is 0 Å². The first-order chi connectivity index (χ1) is 10.1. The molecular formula is C12H24F6N2O2Si2. The Morgan fingerprint density at radius 2 is 0.792 bits per heavy atom. The molecule has 144 valence electrons. The fourth-order valence-electron chi connectivity index (χ4n) is 0.990. The number of hydrogen-bond donors (Lipinski definition) is 0. The Morgan fingerprint density at radius 1 is 0.625 bits per heavy atom. The number of halogens is 6. The maximum absolute atomic E-state index is 11.9. The lowest BCUT2D eigenvalue weighted by molar-refractivity contribution is -0.179. The van der Waals surface area contributed by atoms with Crippen molar-refractivity contribution in [1.29, 1.82) is 0 Å². The minimum absolute atomic E-state index is 0.812. The first-order valence-corrected chi connectivity index (χ1v) is 13.7. The summed E-state index contributed by atoms with van der Waals surface area (Å²) in [7, 11) is -1.95. The zero-order chi connectivity index (χ0) is 20.3. The van der Waals surface area contributed by atoms with Crippen molar-refractivity contribution in [2.24, 2.45) is 0 Å². The van der Waals surface area contributed by atoms with Gasteiger partial charge in [-0.1, -0.05) is 39.3 Å². The summed E-state index contributed by atoms with van der Waals surface area (Å²) in [6.45, 7) is 10.1. The number of nitrogens with zero attached hydrogens (tertiary/aromatic N) is 2. The van der Waals surface area contributed by atoms with E-state index in [0.717, 1.165) is 9.13 Å². The van der Waals surface area contributed by atoms with Crippen LogP contribution in [0.5, 0.6) is 0 Å². The van der Waals surface area contributed by atoms with Crippen molar-refractivity contribution < 1.29 is 35.9 Å². The van der Waals surface area contributed by atoms with E-state index in [2.05, 4.69) is 0 Å². The molecule has 0 radical (unpaired) electrons. The summed E-state index contributed by atoms with van der Waals surface area (Å²) in [5.74, 6) is -3.50. The molecule has 0 fully saturated rings. The van der Waals surface area contributed by atoms with Gasteiger partial charge in [-0.05, 0) is 0 Å². The predicted octanol–water partition coefficient (Wildman–Crippen LogP) is 3.68. The maximum Gasteiger partial charge on any atom is 0.470 e. The molecule has 24 heavy (non-hydrogen) atoms. The van der Waals surface area contributed by atoms with Gasteiger partial charge in [-0.15, -0.1) is 0 Å². The van der Waals surface area contributed by atoms with Crippen molar-refractivity contribution in [3.05, 3.63) is 0 Å². The molecule has 0 unspecified atom stereocenters. The van der Waals surface area contributed by atoms with E-state index in [1.165, 1.54) is 14.1 Å². The predicted molar refractivity (Wildman–Crippen MR) is 84.3 cm³/mol. The minimum atomic E-state index is -4.74. The molecule has 0 aliphatic heterocycles. The van der Waals surface area contributed by atoms with Gasteiger partial charge in [0, 0.05) is 14.1 Å². The Hall–Kier alpha value is -1.05. The van der Waals surface area contributed by atoms with Gasteiger partial charge in [0.2, 0.25) is 0 Å². The van der Waals surface area contributed by atoms with E-state index in [1.54, 1.807) is 39.3 Å². The van der Waals surface area contributed by atoms with Gasteiger partial charge in [-0.25, -0.2) is 0 Å². The number of rotatable bonds is 2. The summed E-state index contributed by atoms with van der Waals surface area (Å²) in [4.78, 5) is 21.3. The van der Waals surface area contributed by atoms with Gasteiger partial charge in [0.25, 0.3) is 0 Å². The van der Waals surface area contributed by atoms with Gasteiger partial charge in [0.05, 0.1) is 0 Å². The van der Waals surface area contributed by atoms with Crippen LogP contribution in [0.25, 0.3) is 0 Å². The van der Waals surface area contributed by atoms with E-state index < -0.39 is 40.6 Å². The third-order valence-corrected chi connectivity index (χ3v) is 7.54. The Kier molecular flexibility index (Phi) is 8.28. The molecule has 0 bridgehead atoms. The zero-order valence-corrected chi connectivity index (χ0v) is 17.0. The molecule has 0 aromatic heterocycles. The standard InChI is InChI=1S/2C6H12F3NOSi/c2*1-10(12(2,3)4)5(11)6(7,8)9/h2*1-4H3. The van der Waals surface area contributed by atoms with Gasteiger partial charge in [0.1, 0.15) is 0 Å². The molecule has 0 heterocycles. The number of amides is 2. The highest BCUT2D eigenvalue weighted by Gasteiger charge is 2.45. The first-order valence-electron chi connectivity index (χ1n) is 6.83. The van der Waals surface area contributed by atoms with Crippen LogP contribution in [0.3, 0.4) is 0 Å². The molecule has 2 amide bonds. The van der Waals surface area contributed by atoms with Crippen LogP contribution in [0.2, 0.25) is 39.3 Å². The average molecular weight is 398 g/mol. The normalized spacial score (nSPS) is 12.9. The topological polar surface area (TPSA) is 40.6 Å². The van der Waals surface area contributed by atoms with Crippen molar-refractivity contribution in [3.63, 3.8) is 0 Å². The van der Waals surface area contributed by atoms with Crippen molar-refractivity contribution >= 4 is 28.3 Å². The lowest BCUT2D eigenvalue weighted by Crippen LogP contribution is -2.51. The van der Waals surface area contributed by atoms with Gasteiger partial charge in [0.15, 0.2) is 16.5 Å². The van der Waals surface area contributed by atoms with Gasteiger partial charge in [-0.2, -0.15) is 26.3 Å². The van der Waals surface area contributed by atoms with Crippen LogP contribution in [-0.4, -0.2) is 63.9 Å². The Morgan fingerprint density at radius 3 is 0.833 bits per heavy atom. The first kappa shape index (κ1) is 25.2. The van der Waals surface area contributed by atoms with E-state index in [1.807, 2.05) is 0 Å². The summed E-state index contributed by atoms with van der Waals surface area (Å²) in [6.07, 6.45) is -9.48. The Balaban J connectivity index is 0. The SMILES string of the molecule is CN(C(=O)C(F)(F)F)[Si](C)(C)C.CN(C(=O)C(F)(F)F)[Si](C)(C)C. The van der Waals surface area contributed by atoms with Gasteiger partial charge >= 0.3 is 24.2 Å². The minimum Gasteiger partial charge on any atom is -0.365 e. The van der Waals surface area contributed by atoms with Gasteiger partial charge < -0.3 is 9.13 Å². The largest absolute Gasteiger partial charge is 0.470 e. The summed E-state index contributed by atoms with van der Waals surface area (Å²) in [5.41, 5.74) is 0. The molecule has 0 aromatic carbocycles. The third-order valence-electron chi connectivity index (χ3n) is 3.11. The second-order valence-corrected chi connectivity index (χ2v) is 17.1. The van der Waals surface area contributed by atoms with E-state index in [-0.39, 0.29) is 0 Å². The van der Waals surface area contributed by atoms with Crippen LogP contribution in [0, 0.1) is 0 Å². The van der Waals surface area contributed by atoms with E-state index in [4.69, 9.17) is 0 Å². The summed E-state index contributed by atoms with van der Waals surface area (Å²) in [6, 6.07) is 0. The number of carbonyl (C=O) groups is 2. The molecule has 0 aromatic rings. The van der Waals surface area contributed by atoms with Crippen LogP contribution in [0.1, 0.15) is 0 Å². The molecular weight excluding hydrogens is 374 g/mol. The van der Waals surface area contributed by atoms with Crippen molar-refractivity contribution in [2.75, 3.05) is 14.1 Å². The Bertz CT molecular complexity index is 410. The van der Waals surface area contributed by atoms with Crippen molar-refractivity contribution in [3.8, 4) is 0 Å². The maximum atomic E-state index is 11.9. The third kappa shape index (κ3) is 8.71. The number of alkyl halides is 6. The molecule has 0 rings (SSSR count). The lowest BCUT2D eigenvalue weighted by Gasteiger charge is -2.30. The highest BCUT2D eigenvalue weighted by molar-refractivity contribution is 6.75. The van der Waals surface area contributed by atoms with Crippen LogP contribution in [-0.2, 0) is 9.59 Å². The van der Waals surface area contributed by atoms with Crippen molar-refractivity contribution in [1.82, 2.24) is 9.13 Å². The second-order valence-electron chi connectivity index (χ2n) is 7.07. The highest BCUT2D eigenvalue weighted by Crippen LogP contribution is 2.21. The second kappa shape index (κ2) is 7.89. The zero-order valence-electron chi connectivity index (χ0n) is 15.0. The summed E-state index contributed by atoms with van der Waals surface area (Å²) >= 11 is 0. The van der Waals surface area contributed by atoms with Gasteiger partial charge in [-0.3, -0.25) is 9.59 Å². The summed E-state index contributed by atoms with van der Waals surface area (Å²) in [5, 5.41) is 0. The molecule has 0 aliphatic rings. The lowest BCUT2D eigenvalue weighted by atomic mass is 10.6. The molecule has 0 saturated carbocycles. The molecule has 0 N–H and O–H groups in total. The van der Waals surface area contributed by atoms with E-state index in [0.29, 0.717) is 0 Å². The quantitative estimate of drug-likeness (QED) is 0.526. The fourth-order valence-corrected chi connectivity index (χ4v) is 2.46. The number of hydrogen-bond acceptors (Lipinski definition) is 2. The van der Waals surface area contributed by atoms with Crippen LogP contribution in [0.4, 0.5) is 26.3 Å². The van der Waals surface area contributed by atoms with E-state index >= 15 is 0 Å². The molecule has 0 saturated heterocycles. The monoisotopic (exact) mass is 398 g/mol. The molecule has 0 aliphatic carbocycles. The van der Waals surface area contributed by atoms with Crippen LogP contribution >= 0.6 is 0 Å². The molecule has 0 atom stereocenters. The smallest absolute Gasteiger partial charge is 0.365 e. The molecule has 0 spiro atoms. The molecule has 4 nitrogen and oxygen atoms in total. The molecule has 12 heteroatoms.